The molecule has 0 saturated heterocycles. The number of hydrogen-bond acceptors (Lipinski definition) is 3. The number of anilines is 2. The van der Waals surface area contributed by atoms with Crippen molar-refractivity contribution in [3.63, 3.8) is 0 Å². The van der Waals surface area contributed by atoms with Crippen LogP contribution in [0.4, 0.5) is 11.4 Å². The second-order valence-electron chi connectivity index (χ2n) is 5.65. The molecule has 0 radical (unpaired) electrons. The highest BCUT2D eigenvalue weighted by atomic mass is 35.5. The van der Waals surface area contributed by atoms with E-state index in [4.69, 9.17) is 11.6 Å². The average molecular weight is 367 g/mol. The fraction of sp³-hybridized carbons (Fsp3) is 0.235. The van der Waals surface area contributed by atoms with E-state index in [-0.39, 0.29) is 11.7 Å². The van der Waals surface area contributed by atoms with Crippen LogP contribution in [0.25, 0.3) is 0 Å². The first-order valence-electron chi connectivity index (χ1n) is 7.39. The van der Waals surface area contributed by atoms with Gasteiger partial charge in [-0.25, -0.2) is 8.42 Å². The number of amides is 1. The van der Waals surface area contributed by atoms with E-state index in [0.717, 1.165) is 5.56 Å². The minimum Gasteiger partial charge on any atom is -0.326 e. The molecule has 2 aromatic rings. The molecule has 0 aliphatic heterocycles. The minimum atomic E-state index is -3.63. The van der Waals surface area contributed by atoms with Gasteiger partial charge in [0.05, 0.1) is 11.7 Å². The Bertz CT molecular complexity index is 820. The van der Waals surface area contributed by atoms with Gasteiger partial charge >= 0.3 is 0 Å². The van der Waals surface area contributed by atoms with Gasteiger partial charge in [0, 0.05) is 16.4 Å². The predicted octanol–water partition coefficient (Wildman–Crippen LogP) is 3.66. The van der Waals surface area contributed by atoms with E-state index >= 15 is 0 Å². The molecule has 1 amide bonds. The zero-order chi connectivity index (χ0) is 17.7. The zero-order valence-corrected chi connectivity index (χ0v) is 15.0. The molecule has 0 saturated carbocycles. The minimum absolute atomic E-state index is 0.312. The molecule has 0 heterocycles. The number of rotatable bonds is 6. The summed E-state index contributed by atoms with van der Waals surface area (Å²) < 4.78 is 26.9. The number of carbonyl (C=O) groups excluding carboxylic acids is 1. The van der Waals surface area contributed by atoms with Gasteiger partial charge in [-0.1, -0.05) is 42.3 Å². The van der Waals surface area contributed by atoms with Crippen LogP contribution < -0.4 is 10.0 Å². The molecule has 128 valence electrons. The lowest BCUT2D eigenvalue weighted by molar-refractivity contribution is -0.118. The molecule has 2 rings (SSSR count). The molecule has 2 N–H and O–H groups in total. The van der Waals surface area contributed by atoms with E-state index in [0.29, 0.717) is 16.4 Å². The summed E-state index contributed by atoms with van der Waals surface area (Å²) >= 11 is 5.86. The molecule has 5 nitrogen and oxygen atoms in total. The molecule has 7 heteroatoms. The van der Waals surface area contributed by atoms with Crippen LogP contribution in [0.5, 0.6) is 0 Å². The third kappa shape index (κ3) is 5.54. The largest absolute Gasteiger partial charge is 0.326 e. The smallest absolute Gasteiger partial charge is 0.233 e. The molecular weight excluding hydrogens is 348 g/mol. The van der Waals surface area contributed by atoms with Crippen LogP contribution in [0.1, 0.15) is 12.5 Å². The Labute approximate surface area is 147 Å². The van der Waals surface area contributed by atoms with Crippen molar-refractivity contribution in [2.24, 2.45) is 5.92 Å². The van der Waals surface area contributed by atoms with Crippen molar-refractivity contribution >= 4 is 38.9 Å². The van der Waals surface area contributed by atoms with Gasteiger partial charge in [-0.2, -0.15) is 0 Å². The first-order valence-corrected chi connectivity index (χ1v) is 9.42. The van der Waals surface area contributed by atoms with Crippen LogP contribution in [0.2, 0.25) is 5.02 Å². The molecule has 0 aromatic heterocycles. The van der Waals surface area contributed by atoms with Gasteiger partial charge in [-0.05, 0) is 37.3 Å². The van der Waals surface area contributed by atoms with E-state index in [1.165, 1.54) is 0 Å². The standard InChI is InChI=1S/C17H19ClN2O3S/c1-12-6-8-15(9-7-12)20-24(22,23)11-13(2)17(21)19-16-5-3-4-14(18)10-16/h3-10,13,20H,11H2,1-2H3,(H,19,21). The average Bonchev–Trinajstić information content (AvgIpc) is 2.49. The summed E-state index contributed by atoms with van der Waals surface area (Å²) in [6.45, 7) is 3.48. The van der Waals surface area contributed by atoms with E-state index in [1.807, 2.05) is 19.1 Å². The van der Waals surface area contributed by atoms with Gasteiger partial charge in [-0.3, -0.25) is 9.52 Å². The summed E-state index contributed by atoms with van der Waals surface area (Å²) in [6.07, 6.45) is 0. The third-order valence-electron chi connectivity index (χ3n) is 3.33. The maximum atomic E-state index is 12.2. The van der Waals surface area contributed by atoms with Crippen LogP contribution in [-0.2, 0) is 14.8 Å². The topological polar surface area (TPSA) is 75.3 Å². The molecular formula is C17H19ClN2O3S. The number of halogens is 1. The molecule has 0 bridgehead atoms. The summed E-state index contributed by atoms with van der Waals surface area (Å²) in [5.74, 6) is -1.41. The SMILES string of the molecule is Cc1ccc(NS(=O)(=O)CC(C)C(=O)Nc2cccc(Cl)c2)cc1. The summed E-state index contributed by atoms with van der Waals surface area (Å²) in [6, 6.07) is 13.7. The van der Waals surface area contributed by atoms with Crippen LogP contribution in [0.15, 0.2) is 48.5 Å². The maximum absolute atomic E-state index is 12.2. The highest BCUT2D eigenvalue weighted by molar-refractivity contribution is 7.92. The second-order valence-corrected chi connectivity index (χ2v) is 7.85. The highest BCUT2D eigenvalue weighted by Gasteiger charge is 2.21. The number of aryl methyl sites for hydroxylation is 1. The number of nitrogens with one attached hydrogen (secondary N) is 2. The third-order valence-corrected chi connectivity index (χ3v) is 5.05. The van der Waals surface area contributed by atoms with Crippen LogP contribution in [0, 0.1) is 12.8 Å². The molecule has 0 spiro atoms. The van der Waals surface area contributed by atoms with Crippen molar-refractivity contribution in [2.75, 3.05) is 15.8 Å². The van der Waals surface area contributed by atoms with E-state index in [2.05, 4.69) is 10.0 Å². The molecule has 24 heavy (non-hydrogen) atoms. The Morgan fingerprint density at radius 2 is 1.79 bits per heavy atom. The Balaban J connectivity index is 1.97. The van der Waals surface area contributed by atoms with Gasteiger partial charge < -0.3 is 5.32 Å². The normalized spacial score (nSPS) is 12.5. The summed E-state index contributed by atoms with van der Waals surface area (Å²) in [5, 5.41) is 3.16. The Morgan fingerprint density at radius 1 is 1.12 bits per heavy atom. The molecule has 1 atom stereocenters. The number of hydrogen-bond donors (Lipinski definition) is 2. The molecule has 0 aliphatic rings. The van der Waals surface area contributed by atoms with Crippen LogP contribution >= 0.6 is 11.6 Å². The van der Waals surface area contributed by atoms with Gasteiger partial charge in [-0.15, -0.1) is 0 Å². The summed E-state index contributed by atoms with van der Waals surface area (Å²) in [4.78, 5) is 12.2. The lowest BCUT2D eigenvalue weighted by Gasteiger charge is -2.14. The van der Waals surface area contributed by atoms with Crippen molar-refractivity contribution in [3.05, 3.63) is 59.1 Å². The first kappa shape index (κ1) is 18.3. The van der Waals surface area contributed by atoms with E-state index < -0.39 is 15.9 Å². The lowest BCUT2D eigenvalue weighted by atomic mass is 10.2. The summed E-state index contributed by atoms with van der Waals surface area (Å²) in [7, 11) is -3.63. The van der Waals surface area contributed by atoms with Gasteiger partial charge in [0.2, 0.25) is 15.9 Å². The maximum Gasteiger partial charge on any atom is 0.233 e. The van der Waals surface area contributed by atoms with E-state index in [1.54, 1.807) is 43.3 Å². The zero-order valence-electron chi connectivity index (χ0n) is 13.4. The molecule has 0 fully saturated rings. The number of carbonyl (C=O) groups is 1. The first-order chi connectivity index (χ1) is 11.2. The predicted molar refractivity (Wildman–Crippen MR) is 97.8 cm³/mol. The highest BCUT2D eigenvalue weighted by Crippen LogP contribution is 2.17. The fourth-order valence-electron chi connectivity index (χ4n) is 2.08. The van der Waals surface area contributed by atoms with Gasteiger partial charge in [0.25, 0.3) is 0 Å². The molecule has 1 unspecified atom stereocenters. The van der Waals surface area contributed by atoms with Gasteiger partial charge in [0.1, 0.15) is 0 Å². The number of benzene rings is 2. The van der Waals surface area contributed by atoms with Crippen molar-refractivity contribution in [1.29, 1.82) is 0 Å². The molecule has 0 aliphatic carbocycles. The Hall–Kier alpha value is -2.05. The monoisotopic (exact) mass is 366 g/mol. The van der Waals surface area contributed by atoms with Crippen LogP contribution in [-0.4, -0.2) is 20.1 Å². The number of sulfonamides is 1. The van der Waals surface area contributed by atoms with Crippen molar-refractivity contribution in [1.82, 2.24) is 0 Å². The fourth-order valence-corrected chi connectivity index (χ4v) is 3.66. The second kappa shape index (κ2) is 7.68. The lowest BCUT2D eigenvalue weighted by Crippen LogP contribution is -2.29. The summed E-state index contributed by atoms with van der Waals surface area (Å²) in [5.41, 5.74) is 2.04. The Morgan fingerprint density at radius 3 is 2.42 bits per heavy atom. The Kier molecular flexibility index (Phi) is 5.85. The van der Waals surface area contributed by atoms with Crippen LogP contribution in [0.3, 0.4) is 0 Å². The van der Waals surface area contributed by atoms with Crippen molar-refractivity contribution in [2.45, 2.75) is 13.8 Å². The quantitative estimate of drug-likeness (QED) is 0.819. The molecule has 2 aromatic carbocycles. The van der Waals surface area contributed by atoms with Crippen molar-refractivity contribution in [3.8, 4) is 0 Å². The van der Waals surface area contributed by atoms with E-state index in [9.17, 15) is 13.2 Å². The van der Waals surface area contributed by atoms with Gasteiger partial charge in [0.15, 0.2) is 0 Å². The van der Waals surface area contributed by atoms with Crippen molar-refractivity contribution < 1.29 is 13.2 Å².